The first-order chi connectivity index (χ1) is 15.8. The van der Waals surface area contributed by atoms with Crippen LogP contribution in [0.5, 0.6) is 0 Å². The molecule has 0 amide bonds. The fraction of sp³-hybridized carbons (Fsp3) is 0.200. The van der Waals surface area contributed by atoms with Crippen molar-refractivity contribution >= 4 is 29.1 Å². The highest BCUT2D eigenvalue weighted by Crippen LogP contribution is 2.39. The van der Waals surface area contributed by atoms with Gasteiger partial charge in [0.1, 0.15) is 0 Å². The summed E-state index contributed by atoms with van der Waals surface area (Å²) in [4.78, 5) is 0. The molecule has 0 unspecified atom stereocenters. The minimum absolute atomic E-state index is 0.821. The molecule has 0 aliphatic carbocycles. The standard InChI is InChI=1S/C30H30ClP/c31-32(29-21-17-27(18-22-29)15-7-13-25-9-3-1-4-10-25)30-23-19-28(20-24-30)16-8-14-26-11-5-2-6-12-26/h1-6,9-12,17-24H,7-8,13-16H2. The van der Waals surface area contributed by atoms with E-state index in [2.05, 4.69) is 109 Å². The fourth-order valence-corrected chi connectivity index (χ4v) is 5.81. The van der Waals surface area contributed by atoms with E-state index in [9.17, 15) is 0 Å². The van der Waals surface area contributed by atoms with Gasteiger partial charge in [0.15, 0.2) is 0 Å². The average molecular weight is 457 g/mol. The molecule has 0 bridgehead atoms. The highest BCUT2D eigenvalue weighted by atomic mass is 35.7. The molecule has 0 heterocycles. The number of hydrogen-bond donors (Lipinski definition) is 0. The Labute approximate surface area is 198 Å². The topological polar surface area (TPSA) is 0 Å². The lowest BCUT2D eigenvalue weighted by Crippen LogP contribution is -2.08. The van der Waals surface area contributed by atoms with Crippen LogP contribution in [-0.4, -0.2) is 0 Å². The Bertz CT molecular complexity index is 968. The molecule has 0 nitrogen and oxygen atoms in total. The molecule has 2 heteroatoms. The normalized spacial score (nSPS) is 11.1. The van der Waals surface area contributed by atoms with Gasteiger partial charge in [-0.15, -0.1) is 0 Å². The molecule has 0 saturated carbocycles. The van der Waals surface area contributed by atoms with Crippen LogP contribution in [0, 0.1) is 0 Å². The molecule has 32 heavy (non-hydrogen) atoms. The molecule has 4 aromatic carbocycles. The third-order valence-corrected chi connectivity index (χ3v) is 8.55. The van der Waals surface area contributed by atoms with E-state index < -0.39 is 7.27 Å². The second-order valence-corrected chi connectivity index (χ2v) is 10.9. The van der Waals surface area contributed by atoms with E-state index in [1.165, 1.54) is 45.7 Å². The van der Waals surface area contributed by atoms with Crippen LogP contribution in [0.4, 0.5) is 0 Å². The van der Waals surface area contributed by atoms with Gasteiger partial charge in [0, 0.05) is 0 Å². The van der Waals surface area contributed by atoms with Crippen LogP contribution >= 0.6 is 18.5 Å². The van der Waals surface area contributed by atoms with E-state index in [0.29, 0.717) is 0 Å². The zero-order chi connectivity index (χ0) is 22.0. The fourth-order valence-electron chi connectivity index (χ4n) is 4.02. The Morgan fingerprint density at radius 2 is 0.719 bits per heavy atom. The monoisotopic (exact) mass is 456 g/mol. The molecule has 0 spiro atoms. The lowest BCUT2D eigenvalue weighted by atomic mass is 10.0. The zero-order valence-corrected chi connectivity index (χ0v) is 20.1. The smallest absolute Gasteiger partial charge is 0.0524 e. The largest absolute Gasteiger partial charge is 0.0859 e. The van der Waals surface area contributed by atoms with E-state index in [0.717, 1.165) is 25.7 Å². The molecular weight excluding hydrogens is 427 g/mol. The van der Waals surface area contributed by atoms with Crippen molar-refractivity contribution in [1.82, 2.24) is 0 Å². The van der Waals surface area contributed by atoms with Crippen LogP contribution in [0.2, 0.25) is 0 Å². The lowest BCUT2D eigenvalue weighted by molar-refractivity contribution is 0.821. The van der Waals surface area contributed by atoms with Crippen LogP contribution in [-0.2, 0) is 25.7 Å². The van der Waals surface area contributed by atoms with Gasteiger partial charge >= 0.3 is 0 Å². The van der Waals surface area contributed by atoms with Gasteiger partial charge in [0.25, 0.3) is 0 Å². The first kappa shape index (κ1) is 22.8. The second kappa shape index (κ2) is 12.0. The number of benzene rings is 4. The molecule has 4 aromatic rings. The number of rotatable bonds is 10. The van der Waals surface area contributed by atoms with Gasteiger partial charge in [-0.2, -0.15) is 0 Å². The number of hydrogen-bond acceptors (Lipinski definition) is 0. The van der Waals surface area contributed by atoms with Crippen LogP contribution in [0.3, 0.4) is 0 Å². The molecule has 0 aliphatic rings. The zero-order valence-electron chi connectivity index (χ0n) is 18.5. The minimum Gasteiger partial charge on any atom is -0.0859 e. The molecule has 0 radical (unpaired) electrons. The maximum absolute atomic E-state index is 6.87. The average Bonchev–Trinajstić information content (AvgIpc) is 2.86. The molecule has 0 N–H and O–H groups in total. The summed E-state index contributed by atoms with van der Waals surface area (Å²) in [6.07, 6.45) is 6.81. The summed E-state index contributed by atoms with van der Waals surface area (Å²) in [5, 5.41) is 2.45. The Morgan fingerprint density at radius 1 is 0.406 bits per heavy atom. The predicted octanol–water partition coefficient (Wildman–Crippen LogP) is 7.62. The quantitative estimate of drug-likeness (QED) is 0.215. The molecule has 0 aliphatic heterocycles. The minimum atomic E-state index is -0.821. The number of aryl methyl sites for hydroxylation is 4. The lowest BCUT2D eigenvalue weighted by Gasteiger charge is -2.12. The summed E-state index contributed by atoms with van der Waals surface area (Å²) >= 11 is 6.87. The van der Waals surface area contributed by atoms with E-state index in [4.69, 9.17) is 11.2 Å². The van der Waals surface area contributed by atoms with Gasteiger partial charge in [-0.25, -0.2) is 0 Å². The summed E-state index contributed by atoms with van der Waals surface area (Å²) < 4.78 is 0. The Morgan fingerprint density at radius 3 is 1.06 bits per heavy atom. The van der Waals surface area contributed by atoms with Crippen molar-refractivity contribution in [3.63, 3.8) is 0 Å². The summed E-state index contributed by atoms with van der Waals surface area (Å²) in [6, 6.07) is 39.3. The molecule has 162 valence electrons. The molecule has 4 rings (SSSR count). The SMILES string of the molecule is ClP(c1ccc(CCCc2ccccc2)cc1)c1ccc(CCCc2ccccc2)cc1. The second-order valence-electron chi connectivity index (χ2n) is 8.29. The van der Waals surface area contributed by atoms with Crippen molar-refractivity contribution in [2.24, 2.45) is 0 Å². The summed E-state index contributed by atoms with van der Waals surface area (Å²) in [5.74, 6) is 0. The van der Waals surface area contributed by atoms with Crippen molar-refractivity contribution in [2.75, 3.05) is 0 Å². The van der Waals surface area contributed by atoms with E-state index in [1.807, 2.05) is 0 Å². The van der Waals surface area contributed by atoms with Crippen LogP contribution in [0.25, 0.3) is 0 Å². The summed E-state index contributed by atoms with van der Waals surface area (Å²) in [5.41, 5.74) is 5.60. The highest BCUT2D eigenvalue weighted by Gasteiger charge is 2.11. The molecule has 0 aromatic heterocycles. The van der Waals surface area contributed by atoms with Gasteiger partial charge < -0.3 is 0 Å². The van der Waals surface area contributed by atoms with E-state index >= 15 is 0 Å². The van der Waals surface area contributed by atoms with Crippen LogP contribution in [0.15, 0.2) is 109 Å². The predicted molar refractivity (Wildman–Crippen MR) is 142 cm³/mol. The van der Waals surface area contributed by atoms with Crippen LogP contribution in [0.1, 0.15) is 35.1 Å². The molecule has 0 atom stereocenters. The maximum Gasteiger partial charge on any atom is 0.0524 e. The Hall–Kier alpha value is -2.40. The first-order valence-corrected chi connectivity index (χ1v) is 13.7. The number of halogens is 1. The van der Waals surface area contributed by atoms with Crippen molar-refractivity contribution < 1.29 is 0 Å². The van der Waals surface area contributed by atoms with Crippen LogP contribution < -0.4 is 10.6 Å². The van der Waals surface area contributed by atoms with Crippen molar-refractivity contribution in [1.29, 1.82) is 0 Å². The highest BCUT2D eigenvalue weighted by molar-refractivity contribution is 7.95. The van der Waals surface area contributed by atoms with Crippen molar-refractivity contribution in [3.8, 4) is 0 Å². The third-order valence-electron chi connectivity index (χ3n) is 5.87. The Balaban J connectivity index is 1.26. The van der Waals surface area contributed by atoms with Gasteiger partial charge in [-0.1, -0.05) is 120 Å². The van der Waals surface area contributed by atoms with Gasteiger partial charge in [-0.05, 0) is 71.4 Å². The Kier molecular flexibility index (Phi) is 8.55. The van der Waals surface area contributed by atoms with Gasteiger partial charge in [0.2, 0.25) is 0 Å². The first-order valence-electron chi connectivity index (χ1n) is 11.5. The van der Waals surface area contributed by atoms with Gasteiger partial charge in [0.05, 0.1) is 7.27 Å². The van der Waals surface area contributed by atoms with E-state index in [1.54, 1.807) is 0 Å². The third kappa shape index (κ3) is 6.80. The summed E-state index contributed by atoms with van der Waals surface area (Å²) in [7, 11) is -0.821. The summed E-state index contributed by atoms with van der Waals surface area (Å²) in [6.45, 7) is 0. The molecule has 0 saturated heterocycles. The maximum atomic E-state index is 6.87. The van der Waals surface area contributed by atoms with Gasteiger partial charge in [-0.3, -0.25) is 0 Å². The molecular formula is C30H30ClP. The van der Waals surface area contributed by atoms with Crippen molar-refractivity contribution in [2.45, 2.75) is 38.5 Å². The molecule has 0 fully saturated rings. The van der Waals surface area contributed by atoms with Crippen molar-refractivity contribution in [3.05, 3.63) is 131 Å². The van der Waals surface area contributed by atoms with E-state index in [-0.39, 0.29) is 0 Å².